The van der Waals surface area contributed by atoms with E-state index in [9.17, 15) is 0 Å². The molecule has 5 heteroatoms. The standard InChI is InChI=1S/C30H21N2O.C11H8N.Ir/c1-20-17-28(31-19-27(20)22-11-6-3-7-12-22)26-14-8-13-24-25-16-15-23(32-30(25)33-29(24)26)18-21-9-4-2-5-10-21;1-2-6-10(7-3-1)11-8-4-5-9-12-11;/h2-13,15-17,19H,18H2,1H3;1-6,8-9H;/q2*-1;/i1D3,18D2;;. The molecule has 0 aliphatic rings. The van der Waals surface area contributed by atoms with Crippen molar-refractivity contribution in [3.05, 3.63) is 175 Å². The topological polar surface area (TPSA) is 51.8 Å². The number of rotatable bonds is 5. The molecular weight excluding hydrogens is 743 g/mol. The summed E-state index contributed by atoms with van der Waals surface area (Å²) in [5, 5.41) is 1.48. The summed E-state index contributed by atoms with van der Waals surface area (Å²) in [4.78, 5) is 13.4. The van der Waals surface area contributed by atoms with Gasteiger partial charge in [-0.2, -0.15) is 0 Å². The first-order valence-corrected chi connectivity index (χ1v) is 14.4. The predicted molar refractivity (Wildman–Crippen MR) is 182 cm³/mol. The molecule has 46 heavy (non-hydrogen) atoms. The van der Waals surface area contributed by atoms with Crippen LogP contribution < -0.4 is 0 Å². The fraction of sp³-hybridized carbons (Fsp3) is 0.0488. The first-order chi connectivity index (χ1) is 24.2. The molecule has 0 saturated carbocycles. The number of hydrogen-bond acceptors (Lipinski definition) is 4. The molecule has 8 aromatic rings. The van der Waals surface area contributed by atoms with Crippen LogP contribution in [-0.2, 0) is 26.5 Å². The van der Waals surface area contributed by atoms with Crippen LogP contribution in [0.1, 0.15) is 23.7 Å². The van der Waals surface area contributed by atoms with Gasteiger partial charge in [-0.25, -0.2) is 4.98 Å². The summed E-state index contributed by atoms with van der Waals surface area (Å²) in [6.45, 7) is -2.36. The molecule has 0 unspecified atom stereocenters. The monoisotopic (exact) mass is 777 g/mol. The molecule has 0 atom stereocenters. The maximum absolute atomic E-state index is 8.66. The zero-order valence-electron chi connectivity index (χ0n) is 29.4. The number of aromatic nitrogens is 3. The smallest absolute Gasteiger partial charge is 0.216 e. The summed E-state index contributed by atoms with van der Waals surface area (Å²) in [6.07, 6.45) is 1.55. The zero-order valence-corrected chi connectivity index (χ0v) is 26.8. The van der Waals surface area contributed by atoms with E-state index in [0.29, 0.717) is 28.0 Å². The summed E-state index contributed by atoms with van der Waals surface area (Å²) in [7, 11) is 0. The van der Waals surface area contributed by atoms with Gasteiger partial charge in [0.15, 0.2) is 0 Å². The molecule has 0 aliphatic heterocycles. The third-order valence-electron chi connectivity index (χ3n) is 7.24. The van der Waals surface area contributed by atoms with Crippen LogP contribution in [0.15, 0.2) is 150 Å². The van der Waals surface area contributed by atoms with Crippen LogP contribution >= 0.6 is 0 Å². The number of pyridine rings is 3. The van der Waals surface area contributed by atoms with E-state index in [1.807, 2.05) is 84.9 Å². The summed E-state index contributed by atoms with van der Waals surface area (Å²) in [5.41, 5.74) is 5.92. The minimum absolute atomic E-state index is 0. The molecule has 0 N–H and O–H groups in total. The van der Waals surface area contributed by atoms with Crippen molar-refractivity contribution in [3.63, 3.8) is 0 Å². The zero-order chi connectivity index (χ0) is 34.7. The van der Waals surface area contributed by atoms with Gasteiger partial charge >= 0.3 is 0 Å². The molecule has 4 nitrogen and oxygen atoms in total. The average molecular weight is 777 g/mol. The molecule has 0 fully saturated rings. The molecular formula is C41H29IrN3O-2. The molecule has 4 heterocycles. The Morgan fingerprint density at radius 2 is 1.54 bits per heavy atom. The number of fused-ring (bicyclic) bond motifs is 3. The number of hydrogen-bond donors (Lipinski definition) is 0. The van der Waals surface area contributed by atoms with Gasteiger partial charge in [0.1, 0.15) is 0 Å². The van der Waals surface area contributed by atoms with Crippen LogP contribution in [-0.4, -0.2) is 15.0 Å². The van der Waals surface area contributed by atoms with Crippen molar-refractivity contribution in [3.8, 4) is 33.6 Å². The van der Waals surface area contributed by atoms with Crippen molar-refractivity contribution in [2.45, 2.75) is 13.2 Å². The minimum atomic E-state index is -2.36. The van der Waals surface area contributed by atoms with Crippen LogP contribution in [0.4, 0.5) is 0 Å². The predicted octanol–water partition coefficient (Wildman–Crippen LogP) is 9.96. The number of aryl methyl sites for hydroxylation is 1. The quantitative estimate of drug-likeness (QED) is 0.163. The Morgan fingerprint density at radius 3 is 2.30 bits per heavy atom. The van der Waals surface area contributed by atoms with E-state index in [1.54, 1.807) is 60.9 Å². The Morgan fingerprint density at radius 1 is 0.739 bits per heavy atom. The Balaban J connectivity index is 0.000000291. The van der Waals surface area contributed by atoms with Gasteiger partial charge in [0.2, 0.25) is 5.71 Å². The van der Waals surface area contributed by atoms with E-state index in [4.69, 9.17) is 11.3 Å². The van der Waals surface area contributed by atoms with E-state index in [1.165, 1.54) is 0 Å². The molecule has 0 amide bonds. The first kappa shape index (κ1) is 25.0. The van der Waals surface area contributed by atoms with Crippen molar-refractivity contribution < 1.29 is 31.4 Å². The summed E-state index contributed by atoms with van der Waals surface area (Å²) >= 11 is 0. The van der Waals surface area contributed by atoms with E-state index >= 15 is 0 Å². The molecule has 0 saturated heterocycles. The number of furan rings is 1. The average Bonchev–Trinajstić information content (AvgIpc) is 3.54. The van der Waals surface area contributed by atoms with Crippen molar-refractivity contribution in [2.24, 2.45) is 0 Å². The molecule has 225 valence electrons. The Bertz CT molecular complexity index is 2350. The van der Waals surface area contributed by atoms with Crippen LogP contribution in [0.25, 0.3) is 55.7 Å². The largest absolute Gasteiger partial charge is 0.486 e. The molecule has 0 bridgehead atoms. The second-order valence-electron chi connectivity index (χ2n) is 10.2. The van der Waals surface area contributed by atoms with Gasteiger partial charge in [0, 0.05) is 62.4 Å². The van der Waals surface area contributed by atoms with Gasteiger partial charge < -0.3 is 14.4 Å². The molecule has 0 aliphatic carbocycles. The molecule has 0 spiro atoms. The van der Waals surface area contributed by atoms with Crippen LogP contribution in [0, 0.1) is 19.0 Å². The molecule has 1 radical (unpaired) electrons. The Kier molecular flexibility index (Phi) is 7.76. The number of nitrogens with zero attached hydrogens (tertiary/aromatic N) is 3. The van der Waals surface area contributed by atoms with E-state index in [2.05, 4.69) is 27.1 Å². The molecule has 4 aromatic carbocycles. The normalized spacial score (nSPS) is 12.8. The van der Waals surface area contributed by atoms with E-state index in [-0.39, 0.29) is 37.1 Å². The van der Waals surface area contributed by atoms with Crippen LogP contribution in [0.3, 0.4) is 0 Å². The van der Waals surface area contributed by atoms with E-state index in [0.717, 1.165) is 27.6 Å². The van der Waals surface area contributed by atoms with Crippen molar-refractivity contribution in [1.82, 2.24) is 15.0 Å². The van der Waals surface area contributed by atoms with Crippen LogP contribution in [0.5, 0.6) is 0 Å². The van der Waals surface area contributed by atoms with Crippen molar-refractivity contribution in [1.29, 1.82) is 0 Å². The van der Waals surface area contributed by atoms with E-state index < -0.39 is 13.2 Å². The summed E-state index contributed by atoms with van der Waals surface area (Å²) < 4.78 is 47.9. The van der Waals surface area contributed by atoms with Gasteiger partial charge in [-0.05, 0) is 53.1 Å². The SMILES string of the molecule is [2H]C([2H])([2H])c1cc(-c2[c-]ccc3c2oc2nc(C([2H])([2H])c4ccccc4)ccc23)ncc1-c1ccccc1.[Ir].[c-]1ccccc1-c1ccccn1. The Hall–Kier alpha value is -5.22. The Labute approximate surface area is 289 Å². The van der Waals surface area contributed by atoms with Crippen molar-refractivity contribution in [2.75, 3.05) is 0 Å². The second kappa shape index (κ2) is 14.3. The minimum Gasteiger partial charge on any atom is -0.486 e. The first-order valence-electron chi connectivity index (χ1n) is 16.9. The maximum Gasteiger partial charge on any atom is 0.216 e. The second-order valence-corrected chi connectivity index (χ2v) is 10.2. The summed E-state index contributed by atoms with van der Waals surface area (Å²) in [6, 6.07) is 46.8. The summed E-state index contributed by atoms with van der Waals surface area (Å²) in [5.74, 6) is 0. The van der Waals surface area contributed by atoms with Gasteiger partial charge in [-0.3, -0.25) is 0 Å². The van der Waals surface area contributed by atoms with Gasteiger partial charge in [-0.15, -0.1) is 54.1 Å². The van der Waals surface area contributed by atoms with Crippen LogP contribution in [0.2, 0.25) is 0 Å². The maximum atomic E-state index is 8.66. The third-order valence-corrected chi connectivity index (χ3v) is 7.24. The number of benzene rings is 4. The fourth-order valence-electron chi connectivity index (χ4n) is 5.07. The van der Waals surface area contributed by atoms with Gasteiger partial charge in [0.25, 0.3) is 0 Å². The molecule has 8 rings (SSSR count). The van der Waals surface area contributed by atoms with Gasteiger partial charge in [-0.1, -0.05) is 89.8 Å². The molecule has 4 aromatic heterocycles. The fourth-order valence-corrected chi connectivity index (χ4v) is 5.07. The van der Waals surface area contributed by atoms with Gasteiger partial charge in [0.05, 0.1) is 5.58 Å². The third kappa shape index (κ3) is 6.72. The van der Waals surface area contributed by atoms with Crippen molar-refractivity contribution >= 4 is 22.1 Å².